The lowest BCUT2D eigenvalue weighted by Crippen LogP contribution is -2.43. The van der Waals surface area contributed by atoms with Gasteiger partial charge in [-0.1, -0.05) is 13.8 Å². The summed E-state index contributed by atoms with van der Waals surface area (Å²) < 4.78 is 0. The van der Waals surface area contributed by atoms with Gasteiger partial charge in [0.25, 0.3) is 0 Å². The van der Waals surface area contributed by atoms with E-state index in [1.54, 1.807) is 11.3 Å². The Kier molecular flexibility index (Phi) is 3.98. The van der Waals surface area contributed by atoms with Crippen LogP contribution in [0.15, 0.2) is 5.38 Å². The topological polar surface area (TPSA) is 24.9 Å². The van der Waals surface area contributed by atoms with Gasteiger partial charge in [-0.2, -0.15) is 0 Å². The average molecular weight is 238 g/mol. The zero-order valence-electron chi connectivity index (χ0n) is 10.5. The summed E-state index contributed by atoms with van der Waals surface area (Å²) in [6.45, 7) is 7.82. The Bertz CT molecular complexity index is 326. The molecule has 2 rings (SSSR count). The molecule has 1 aromatic heterocycles. The molecular weight excluding hydrogens is 216 g/mol. The second-order valence-electron chi connectivity index (χ2n) is 5.23. The molecule has 1 aromatic rings. The summed E-state index contributed by atoms with van der Waals surface area (Å²) in [6, 6.07) is 0.770. The van der Waals surface area contributed by atoms with E-state index in [4.69, 9.17) is 0 Å². The van der Waals surface area contributed by atoms with Crippen LogP contribution in [0, 0.1) is 18.8 Å². The van der Waals surface area contributed by atoms with Crippen LogP contribution in [0.25, 0.3) is 0 Å². The molecule has 0 aromatic carbocycles. The van der Waals surface area contributed by atoms with Crippen LogP contribution in [0.1, 0.15) is 37.4 Å². The predicted octanol–water partition coefficient (Wildman–Crippen LogP) is 3.02. The van der Waals surface area contributed by atoms with Gasteiger partial charge in [-0.25, -0.2) is 4.98 Å². The van der Waals surface area contributed by atoms with E-state index in [1.807, 2.05) is 0 Å². The lowest BCUT2D eigenvalue weighted by Gasteiger charge is -2.38. The second kappa shape index (κ2) is 5.28. The van der Waals surface area contributed by atoms with Gasteiger partial charge in [0.15, 0.2) is 0 Å². The van der Waals surface area contributed by atoms with Crippen LogP contribution < -0.4 is 5.32 Å². The quantitative estimate of drug-likeness (QED) is 0.853. The van der Waals surface area contributed by atoms with Crippen LogP contribution in [0.3, 0.4) is 0 Å². The molecule has 90 valence electrons. The van der Waals surface area contributed by atoms with Gasteiger partial charge in [0.2, 0.25) is 0 Å². The fourth-order valence-corrected chi connectivity index (χ4v) is 2.95. The summed E-state index contributed by atoms with van der Waals surface area (Å²) in [6.07, 6.45) is 3.81. The van der Waals surface area contributed by atoms with Gasteiger partial charge in [0, 0.05) is 24.4 Å². The minimum atomic E-state index is 0.770. The standard InChI is InChI=1S/C13H22N2S/c1-9(2)11-6-13(7-11)14-5-4-12-8-16-10(3)15-12/h8-9,11,13-14H,4-7H2,1-3H3. The largest absolute Gasteiger partial charge is 0.314 e. The molecule has 1 N–H and O–H groups in total. The molecule has 0 spiro atoms. The van der Waals surface area contributed by atoms with Gasteiger partial charge >= 0.3 is 0 Å². The highest BCUT2D eigenvalue weighted by atomic mass is 32.1. The molecule has 0 aliphatic heterocycles. The van der Waals surface area contributed by atoms with Crippen LogP contribution in [0.2, 0.25) is 0 Å². The molecule has 0 atom stereocenters. The van der Waals surface area contributed by atoms with Crippen LogP contribution in [0.4, 0.5) is 0 Å². The van der Waals surface area contributed by atoms with Gasteiger partial charge in [0.1, 0.15) is 0 Å². The Morgan fingerprint density at radius 2 is 2.25 bits per heavy atom. The molecule has 0 saturated heterocycles. The third-order valence-electron chi connectivity index (χ3n) is 3.60. The molecule has 1 heterocycles. The molecular formula is C13H22N2S. The highest BCUT2D eigenvalue weighted by Crippen LogP contribution is 2.33. The smallest absolute Gasteiger partial charge is 0.0897 e. The zero-order chi connectivity index (χ0) is 11.5. The number of aromatic nitrogens is 1. The Hall–Kier alpha value is -0.410. The van der Waals surface area contributed by atoms with E-state index in [-0.39, 0.29) is 0 Å². The van der Waals surface area contributed by atoms with Crippen molar-refractivity contribution in [1.82, 2.24) is 10.3 Å². The maximum absolute atomic E-state index is 4.47. The first-order chi connectivity index (χ1) is 7.65. The number of rotatable bonds is 5. The number of hydrogen-bond donors (Lipinski definition) is 1. The highest BCUT2D eigenvalue weighted by Gasteiger charge is 2.30. The maximum Gasteiger partial charge on any atom is 0.0897 e. The van der Waals surface area contributed by atoms with E-state index in [1.165, 1.54) is 23.5 Å². The van der Waals surface area contributed by atoms with E-state index >= 15 is 0 Å². The summed E-state index contributed by atoms with van der Waals surface area (Å²) in [5, 5.41) is 6.98. The average Bonchev–Trinajstić information content (AvgIpc) is 2.54. The first-order valence-electron chi connectivity index (χ1n) is 6.29. The van der Waals surface area contributed by atoms with E-state index < -0.39 is 0 Å². The molecule has 0 bridgehead atoms. The molecule has 3 heteroatoms. The van der Waals surface area contributed by atoms with Gasteiger partial charge in [0.05, 0.1) is 10.7 Å². The molecule has 1 aliphatic carbocycles. The molecule has 1 aliphatic rings. The van der Waals surface area contributed by atoms with Crippen LogP contribution in [-0.4, -0.2) is 17.6 Å². The lowest BCUT2D eigenvalue weighted by molar-refractivity contribution is 0.169. The Balaban J connectivity index is 1.60. The van der Waals surface area contributed by atoms with E-state index in [0.29, 0.717) is 0 Å². The Labute approximate surface area is 102 Å². The normalized spacial score (nSPS) is 24.8. The molecule has 16 heavy (non-hydrogen) atoms. The van der Waals surface area contributed by atoms with Crippen molar-refractivity contribution in [2.45, 2.75) is 46.1 Å². The van der Waals surface area contributed by atoms with Crippen molar-refractivity contribution in [2.24, 2.45) is 11.8 Å². The van der Waals surface area contributed by atoms with Crippen molar-refractivity contribution in [3.05, 3.63) is 16.1 Å². The summed E-state index contributed by atoms with van der Waals surface area (Å²) in [5.74, 6) is 1.82. The monoisotopic (exact) mass is 238 g/mol. The van der Waals surface area contributed by atoms with Gasteiger partial charge < -0.3 is 5.32 Å². The molecule has 2 nitrogen and oxygen atoms in total. The molecule has 1 saturated carbocycles. The Morgan fingerprint density at radius 1 is 1.50 bits per heavy atom. The summed E-state index contributed by atoms with van der Waals surface area (Å²) in [7, 11) is 0. The van der Waals surface area contributed by atoms with Crippen molar-refractivity contribution >= 4 is 11.3 Å². The van der Waals surface area contributed by atoms with Gasteiger partial charge in [-0.3, -0.25) is 0 Å². The summed E-state index contributed by atoms with van der Waals surface area (Å²) >= 11 is 1.75. The van der Waals surface area contributed by atoms with Crippen LogP contribution >= 0.6 is 11.3 Å². The predicted molar refractivity (Wildman–Crippen MR) is 69.9 cm³/mol. The summed E-state index contributed by atoms with van der Waals surface area (Å²) in [5.41, 5.74) is 1.25. The Morgan fingerprint density at radius 3 is 2.81 bits per heavy atom. The second-order valence-corrected chi connectivity index (χ2v) is 6.30. The fourth-order valence-electron chi connectivity index (χ4n) is 2.30. The maximum atomic E-state index is 4.47. The lowest BCUT2D eigenvalue weighted by atomic mass is 9.74. The first kappa shape index (κ1) is 12.1. The molecule has 0 unspecified atom stereocenters. The van der Waals surface area contributed by atoms with Crippen LogP contribution in [0.5, 0.6) is 0 Å². The van der Waals surface area contributed by atoms with E-state index in [2.05, 4.69) is 36.5 Å². The van der Waals surface area contributed by atoms with Crippen molar-refractivity contribution in [3.63, 3.8) is 0 Å². The minimum Gasteiger partial charge on any atom is -0.314 e. The summed E-state index contributed by atoms with van der Waals surface area (Å²) in [4.78, 5) is 4.47. The van der Waals surface area contributed by atoms with Crippen molar-refractivity contribution in [3.8, 4) is 0 Å². The van der Waals surface area contributed by atoms with Gasteiger partial charge in [-0.05, 0) is 31.6 Å². The van der Waals surface area contributed by atoms with Crippen LogP contribution in [-0.2, 0) is 6.42 Å². The first-order valence-corrected chi connectivity index (χ1v) is 7.17. The van der Waals surface area contributed by atoms with Crippen molar-refractivity contribution in [2.75, 3.05) is 6.54 Å². The van der Waals surface area contributed by atoms with E-state index in [9.17, 15) is 0 Å². The SMILES string of the molecule is Cc1nc(CCNC2CC(C(C)C)C2)cs1. The number of aryl methyl sites for hydroxylation is 1. The number of thiazole rings is 1. The third-order valence-corrected chi connectivity index (χ3v) is 4.42. The van der Waals surface area contributed by atoms with Gasteiger partial charge in [-0.15, -0.1) is 11.3 Å². The minimum absolute atomic E-state index is 0.770. The van der Waals surface area contributed by atoms with E-state index in [0.717, 1.165) is 30.8 Å². The highest BCUT2D eigenvalue weighted by molar-refractivity contribution is 7.09. The zero-order valence-corrected chi connectivity index (χ0v) is 11.3. The molecule has 1 fully saturated rings. The third kappa shape index (κ3) is 3.05. The molecule has 0 amide bonds. The molecule has 0 radical (unpaired) electrons. The number of hydrogen-bond acceptors (Lipinski definition) is 3. The fraction of sp³-hybridized carbons (Fsp3) is 0.769. The van der Waals surface area contributed by atoms with Crippen molar-refractivity contribution < 1.29 is 0 Å². The number of nitrogens with one attached hydrogen (secondary N) is 1. The van der Waals surface area contributed by atoms with Crippen molar-refractivity contribution in [1.29, 1.82) is 0 Å². The number of nitrogens with zero attached hydrogens (tertiary/aromatic N) is 1.